The highest BCUT2D eigenvalue weighted by Gasteiger charge is 2.12. The van der Waals surface area contributed by atoms with Gasteiger partial charge in [0.05, 0.1) is 17.3 Å². The molecule has 1 heterocycles. The van der Waals surface area contributed by atoms with Gasteiger partial charge in [-0.15, -0.1) is 0 Å². The fourth-order valence-corrected chi connectivity index (χ4v) is 1.71. The Morgan fingerprint density at radius 2 is 2.29 bits per heavy atom. The van der Waals surface area contributed by atoms with Crippen molar-refractivity contribution in [1.29, 1.82) is 5.26 Å². The molecule has 86 valence electrons. The Balaban J connectivity index is 2.38. The fraction of sp³-hybridized carbons (Fsp3) is 0.231. The summed E-state index contributed by atoms with van der Waals surface area (Å²) < 4.78 is 0. The van der Waals surface area contributed by atoms with Gasteiger partial charge in [-0.05, 0) is 30.2 Å². The van der Waals surface area contributed by atoms with Crippen LogP contribution in [-0.2, 0) is 11.2 Å². The first-order valence-electron chi connectivity index (χ1n) is 5.52. The first-order valence-corrected chi connectivity index (χ1v) is 5.52. The molecule has 0 radical (unpaired) electrons. The predicted molar refractivity (Wildman–Crippen MR) is 64.9 cm³/mol. The number of hydrogen-bond acceptors (Lipinski definition) is 3. The first-order chi connectivity index (χ1) is 8.22. The molecule has 4 heteroatoms. The maximum atomic E-state index is 11.3. The van der Waals surface area contributed by atoms with Gasteiger partial charge in [0.15, 0.2) is 0 Å². The van der Waals surface area contributed by atoms with Crippen molar-refractivity contribution in [3.8, 4) is 6.07 Å². The molecule has 2 rings (SSSR count). The van der Waals surface area contributed by atoms with Crippen LogP contribution in [0, 0.1) is 11.3 Å². The van der Waals surface area contributed by atoms with Crippen molar-refractivity contribution in [2.45, 2.75) is 19.8 Å². The molecule has 4 nitrogen and oxygen atoms in total. The number of hydrogen-bond donors (Lipinski definition) is 1. The number of carbonyl (C=O) groups excluding carboxylic acids is 1. The Morgan fingerprint density at radius 3 is 2.94 bits per heavy atom. The average molecular weight is 227 g/mol. The summed E-state index contributed by atoms with van der Waals surface area (Å²) in [7, 11) is 0. The number of hydrazine groups is 1. The molecule has 1 aliphatic rings. The van der Waals surface area contributed by atoms with Crippen LogP contribution in [0.4, 0.5) is 5.69 Å². The van der Waals surface area contributed by atoms with Crippen molar-refractivity contribution < 1.29 is 4.79 Å². The van der Waals surface area contributed by atoms with E-state index in [1.807, 2.05) is 19.1 Å². The van der Waals surface area contributed by atoms with E-state index in [1.54, 1.807) is 23.4 Å². The molecule has 0 unspecified atom stereocenters. The summed E-state index contributed by atoms with van der Waals surface area (Å²) in [6, 6.07) is 7.72. The van der Waals surface area contributed by atoms with Gasteiger partial charge < -0.3 is 0 Å². The number of aryl methyl sites for hydroxylation is 1. The van der Waals surface area contributed by atoms with Crippen LogP contribution < -0.4 is 10.4 Å². The number of anilines is 1. The van der Waals surface area contributed by atoms with E-state index in [4.69, 9.17) is 5.26 Å². The summed E-state index contributed by atoms with van der Waals surface area (Å²) in [5.74, 6) is -0.0482. The third-order valence-corrected chi connectivity index (χ3v) is 2.60. The van der Waals surface area contributed by atoms with Crippen LogP contribution in [0.25, 0.3) is 0 Å². The topological polar surface area (TPSA) is 56.1 Å². The first kappa shape index (κ1) is 11.2. The van der Waals surface area contributed by atoms with Crippen molar-refractivity contribution in [2.75, 3.05) is 5.01 Å². The van der Waals surface area contributed by atoms with E-state index >= 15 is 0 Å². The largest absolute Gasteiger partial charge is 0.273 e. The highest BCUT2D eigenvalue weighted by Crippen LogP contribution is 2.20. The molecule has 0 saturated carbocycles. The number of nitrogens with zero attached hydrogens (tertiary/aromatic N) is 2. The molecule has 1 aromatic carbocycles. The van der Waals surface area contributed by atoms with Gasteiger partial charge in [0, 0.05) is 12.6 Å². The van der Waals surface area contributed by atoms with Crippen LogP contribution in [0.3, 0.4) is 0 Å². The molecule has 0 bridgehead atoms. The Kier molecular flexibility index (Phi) is 3.10. The third-order valence-electron chi connectivity index (χ3n) is 2.60. The van der Waals surface area contributed by atoms with Crippen molar-refractivity contribution in [3.63, 3.8) is 0 Å². The van der Waals surface area contributed by atoms with Crippen molar-refractivity contribution in [1.82, 2.24) is 5.43 Å². The third kappa shape index (κ3) is 2.45. The molecule has 1 amide bonds. The minimum absolute atomic E-state index is 0.0482. The minimum Gasteiger partial charge on any atom is -0.273 e. The molecular weight excluding hydrogens is 214 g/mol. The SMILES string of the molecule is CCc1cc(C#N)cc(N2C=CCC(=O)N2)c1. The fourth-order valence-electron chi connectivity index (χ4n) is 1.71. The van der Waals surface area contributed by atoms with Gasteiger partial charge in [0.25, 0.3) is 0 Å². The summed E-state index contributed by atoms with van der Waals surface area (Å²) in [5.41, 5.74) is 5.22. The summed E-state index contributed by atoms with van der Waals surface area (Å²) in [4.78, 5) is 11.3. The molecule has 1 aromatic rings. The Hall–Kier alpha value is -2.28. The molecule has 0 fully saturated rings. The number of rotatable bonds is 2. The van der Waals surface area contributed by atoms with E-state index in [2.05, 4.69) is 11.5 Å². The van der Waals surface area contributed by atoms with Gasteiger partial charge in [-0.1, -0.05) is 13.0 Å². The van der Waals surface area contributed by atoms with Crippen LogP contribution in [0.1, 0.15) is 24.5 Å². The maximum Gasteiger partial charge on any atom is 0.242 e. The number of carbonyl (C=O) groups is 1. The zero-order valence-corrected chi connectivity index (χ0v) is 9.60. The summed E-state index contributed by atoms with van der Waals surface area (Å²) in [6.45, 7) is 2.03. The molecule has 17 heavy (non-hydrogen) atoms. The monoisotopic (exact) mass is 227 g/mol. The summed E-state index contributed by atoms with van der Waals surface area (Å²) in [6.07, 6.45) is 4.85. The Morgan fingerprint density at radius 1 is 1.47 bits per heavy atom. The van der Waals surface area contributed by atoms with Gasteiger partial charge in [-0.25, -0.2) is 0 Å². The van der Waals surface area contributed by atoms with Crippen LogP contribution in [0.5, 0.6) is 0 Å². The van der Waals surface area contributed by atoms with Crippen LogP contribution >= 0.6 is 0 Å². The highest BCUT2D eigenvalue weighted by molar-refractivity contribution is 5.81. The average Bonchev–Trinajstić information content (AvgIpc) is 2.38. The second-order valence-electron chi connectivity index (χ2n) is 3.85. The standard InChI is InChI=1S/C13H13N3O/c1-2-10-6-11(9-14)8-12(7-10)16-5-3-4-13(17)15-16/h3,5-8H,2,4H2,1H3,(H,15,17). The zero-order valence-electron chi connectivity index (χ0n) is 9.60. The Bertz CT molecular complexity index is 514. The van der Waals surface area contributed by atoms with Gasteiger partial charge in [-0.2, -0.15) is 5.26 Å². The van der Waals surface area contributed by atoms with E-state index in [0.29, 0.717) is 12.0 Å². The molecule has 0 aromatic heterocycles. The van der Waals surface area contributed by atoms with Gasteiger partial charge in [-0.3, -0.25) is 15.2 Å². The number of benzene rings is 1. The van der Waals surface area contributed by atoms with Crippen molar-refractivity contribution in [2.24, 2.45) is 0 Å². The van der Waals surface area contributed by atoms with E-state index in [-0.39, 0.29) is 5.91 Å². The van der Waals surface area contributed by atoms with Crippen LogP contribution in [0.15, 0.2) is 30.5 Å². The quantitative estimate of drug-likeness (QED) is 0.839. The normalized spacial score (nSPS) is 14.4. The van der Waals surface area contributed by atoms with Crippen LogP contribution in [-0.4, -0.2) is 5.91 Å². The second kappa shape index (κ2) is 4.71. The van der Waals surface area contributed by atoms with E-state index in [1.165, 1.54) is 0 Å². The van der Waals surface area contributed by atoms with Gasteiger partial charge in [0.1, 0.15) is 0 Å². The number of nitriles is 1. The molecule has 0 atom stereocenters. The molecular formula is C13H13N3O. The molecule has 0 spiro atoms. The Labute approximate surface area is 100 Å². The van der Waals surface area contributed by atoms with Crippen molar-refractivity contribution in [3.05, 3.63) is 41.6 Å². The van der Waals surface area contributed by atoms with Crippen molar-refractivity contribution >= 4 is 11.6 Å². The van der Waals surface area contributed by atoms with E-state index in [9.17, 15) is 4.79 Å². The highest BCUT2D eigenvalue weighted by atomic mass is 16.2. The predicted octanol–water partition coefficient (Wildman–Crippen LogP) is 1.88. The lowest BCUT2D eigenvalue weighted by Gasteiger charge is -2.24. The zero-order chi connectivity index (χ0) is 12.3. The smallest absolute Gasteiger partial charge is 0.242 e. The summed E-state index contributed by atoms with van der Waals surface area (Å²) in [5, 5.41) is 10.6. The van der Waals surface area contributed by atoms with Crippen LogP contribution in [0.2, 0.25) is 0 Å². The molecule has 1 aliphatic heterocycles. The number of nitrogens with one attached hydrogen (secondary N) is 1. The van der Waals surface area contributed by atoms with E-state index < -0.39 is 0 Å². The van der Waals surface area contributed by atoms with E-state index in [0.717, 1.165) is 17.7 Å². The summed E-state index contributed by atoms with van der Waals surface area (Å²) >= 11 is 0. The number of amides is 1. The lowest BCUT2D eigenvalue weighted by molar-refractivity contribution is -0.120. The second-order valence-corrected chi connectivity index (χ2v) is 3.85. The molecule has 1 N–H and O–H groups in total. The lowest BCUT2D eigenvalue weighted by Crippen LogP contribution is -2.40. The maximum absolute atomic E-state index is 11.3. The molecule has 0 saturated heterocycles. The lowest BCUT2D eigenvalue weighted by atomic mass is 10.1. The van der Waals surface area contributed by atoms with Gasteiger partial charge in [0.2, 0.25) is 5.91 Å². The molecule has 0 aliphatic carbocycles. The van der Waals surface area contributed by atoms with Gasteiger partial charge >= 0.3 is 0 Å². The minimum atomic E-state index is -0.0482.